The third kappa shape index (κ3) is 4.03. The summed E-state index contributed by atoms with van der Waals surface area (Å²) < 4.78 is 10.8. The standard InChI is InChI=1S/C22H22N2O5/c1-15-12-22(27)29-20-13-16(6-7-17(15)20)28-14-21(26)24-10-8-23(9-11-24)18-4-2-3-5-19(18)25/h2-7,12-13,25H,8-11,14H2,1H3. The van der Waals surface area contributed by atoms with Crippen molar-refractivity contribution in [3.05, 3.63) is 64.5 Å². The highest BCUT2D eigenvalue weighted by Gasteiger charge is 2.22. The van der Waals surface area contributed by atoms with Gasteiger partial charge in [0.1, 0.15) is 17.1 Å². The van der Waals surface area contributed by atoms with Crippen LogP contribution in [0.4, 0.5) is 5.69 Å². The van der Waals surface area contributed by atoms with Crippen LogP contribution in [0, 0.1) is 6.92 Å². The zero-order valence-electron chi connectivity index (χ0n) is 16.1. The maximum atomic E-state index is 12.5. The first-order valence-corrected chi connectivity index (χ1v) is 9.49. The molecule has 0 unspecified atom stereocenters. The summed E-state index contributed by atoms with van der Waals surface area (Å²) in [6.07, 6.45) is 0. The Morgan fingerprint density at radius 1 is 1.10 bits per heavy atom. The van der Waals surface area contributed by atoms with Crippen LogP contribution in [-0.2, 0) is 4.79 Å². The number of benzene rings is 2. The summed E-state index contributed by atoms with van der Waals surface area (Å²) in [6, 6.07) is 13.9. The fourth-order valence-electron chi connectivity index (χ4n) is 3.56. The summed E-state index contributed by atoms with van der Waals surface area (Å²) in [4.78, 5) is 27.9. The first kappa shape index (κ1) is 18.9. The molecular formula is C22H22N2O5. The lowest BCUT2D eigenvalue weighted by Gasteiger charge is -2.36. The topological polar surface area (TPSA) is 83.2 Å². The lowest BCUT2D eigenvalue weighted by molar-refractivity contribution is -0.133. The average Bonchev–Trinajstić information content (AvgIpc) is 2.72. The van der Waals surface area contributed by atoms with Crippen molar-refractivity contribution in [3.8, 4) is 11.5 Å². The van der Waals surface area contributed by atoms with Gasteiger partial charge in [0.15, 0.2) is 6.61 Å². The molecule has 3 aromatic rings. The minimum atomic E-state index is -0.412. The van der Waals surface area contributed by atoms with E-state index in [-0.39, 0.29) is 18.3 Å². The van der Waals surface area contributed by atoms with Crippen LogP contribution >= 0.6 is 0 Å². The molecular weight excluding hydrogens is 372 g/mol. The molecule has 2 heterocycles. The van der Waals surface area contributed by atoms with Crippen LogP contribution in [-0.4, -0.2) is 48.7 Å². The maximum Gasteiger partial charge on any atom is 0.336 e. The molecule has 150 valence electrons. The Bertz CT molecular complexity index is 1100. The number of aryl methyl sites for hydroxylation is 1. The highest BCUT2D eigenvalue weighted by atomic mass is 16.5. The van der Waals surface area contributed by atoms with Crippen molar-refractivity contribution in [2.45, 2.75) is 6.92 Å². The van der Waals surface area contributed by atoms with Crippen molar-refractivity contribution in [3.63, 3.8) is 0 Å². The lowest BCUT2D eigenvalue weighted by Crippen LogP contribution is -2.50. The minimum Gasteiger partial charge on any atom is -0.506 e. The monoisotopic (exact) mass is 394 g/mol. The van der Waals surface area contributed by atoms with Gasteiger partial charge in [-0.2, -0.15) is 0 Å². The van der Waals surface area contributed by atoms with Crippen LogP contribution in [0.1, 0.15) is 5.56 Å². The number of hydrogen-bond donors (Lipinski definition) is 1. The second-order valence-corrected chi connectivity index (χ2v) is 7.05. The van der Waals surface area contributed by atoms with Crippen LogP contribution in [0.5, 0.6) is 11.5 Å². The molecule has 7 nitrogen and oxygen atoms in total. The number of aromatic hydroxyl groups is 1. The van der Waals surface area contributed by atoms with E-state index in [1.165, 1.54) is 6.07 Å². The molecule has 1 amide bonds. The predicted molar refractivity (Wildman–Crippen MR) is 110 cm³/mol. The van der Waals surface area contributed by atoms with Gasteiger partial charge in [-0.15, -0.1) is 0 Å². The van der Waals surface area contributed by atoms with E-state index < -0.39 is 5.63 Å². The Hall–Kier alpha value is -3.48. The highest BCUT2D eigenvalue weighted by molar-refractivity contribution is 5.82. The summed E-state index contributed by atoms with van der Waals surface area (Å²) in [7, 11) is 0. The molecule has 1 aliphatic heterocycles. The molecule has 0 bridgehead atoms. The largest absolute Gasteiger partial charge is 0.506 e. The van der Waals surface area contributed by atoms with Gasteiger partial charge in [0.25, 0.3) is 5.91 Å². The minimum absolute atomic E-state index is 0.0852. The van der Waals surface area contributed by atoms with Gasteiger partial charge in [-0.3, -0.25) is 4.79 Å². The molecule has 1 N–H and O–H groups in total. The maximum absolute atomic E-state index is 12.5. The lowest BCUT2D eigenvalue weighted by atomic mass is 10.1. The van der Waals surface area contributed by atoms with Gasteiger partial charge < -0.3 is 24.1 Å². The van der Waals surface area contributed by atoms with Crippen LogP contribution < -0.4 is 15.3 Å². The van der Waals surface area contributed by atoms with E-state index in [1.54, 1.807) is 29.2 Å². The highest BCUT2D eigenvalue weighted by Crippen LogP contribution is 2.27. The number of ether oxygens (including phenoxy) is 1. The first-order valence-electron chi connectivity index (χ1n) is 9.49. The Morgan fingerprint density at radius 3 is 2.62 bits per heavy atom. The third-order valence-electron chi connectivity index (χ3n) is 5.14. The SMILES string of the molecule is Cc1cc(=O)oc2cc(OCC(=O)N3CCN(c4ccccc4O)CC3)ccc12. The molecule has 4 rings (SSSR count). The van der Waals surface area contributed by atoms with Gasteiger partial charge in [0, 0.05) is 43.7 Å². The number of nitrogens with zero attached hydrogens (tertiary/aromatic N) is 2. The van der Waals surface area contributed by atoms with E-state index in [1.807, 2.05) is 25.1 Å². The number of piperazine rings is 1. The molecule has 1 aliphatic rings. The van der Waals surface area contributed by atoms with Crippen LogP contribution in [0.2, 0.25) is 0 Å². The molecule has 7 heteroatoms. The normalized spacial score (nSPS) is 14.2. The zero-order chi connectivity index (χ0) is 20.4. The number of hydrogen-bond acceptors (Lipinski definition) is 6. The van der Waals surface area contributed by atoms with Gasteiger partial charge in [0.05, 0.1) is 5.69 Å². The number of carbonyl (C=O) groups excluding carboxylic acids is 1. The van der Waals surface area contributed by atoms with E-state index in [0.29, 0.717) is 37.5 Å². The molecule has 0 aliphatic carbocycles. The molecule has 1 fully saturated rings. The smallest absolute Gasteiger partial charge is 0.336 e. The van der Waals surface area contributed by atoms with Gasteiger partial charge in [-0.1, -0.05) is 12.1 Å². The Morgan fingerprint density at radius 2 is 1.86 bits per heavy atom. The Labute approximate surface area is 167 Å². The number of fused-ring (bicyclic) bond motifs is 1. The van der Waals surface area contributed by atoms with Gasteiger partial charge >= 0.3 is 5.63 Å². The summed E-state index contributed by atoms with van der Waals surface area (Å²) in [5, 5.41) is 10.8. The number of para-hydroxylation sites is 2. The van der Waals surface area contributed by atoms with E-state index in [9.17, 15) is 14.7 Å². The second kappa shape index (κ2) is 7.87. The molecule has 1 aromatic heterocycles. The third-order valence-corrected chi connectivity index (χ3v) is 5.14. The van der Waals surface area contributed by atoms with Crippen molar-refractivity contribution >= 4 is 22.6 Å². The van der Waals surface area contributed by atoms with Crippen molar-refractivity contribution in [1.82, 2.24) is 4.90 Å². The van der Waals surface area contributed by atoms with Crippen molar-refractivity contribution in [2.24, 2.45) is 0 Å². The van der Waals surface area contributed by atoms with Crippen molar-refractivity contribution in [2.75, 3.05) is 37.7 Å². The number of phenolic OH excluding ortho intramolecular Hbond substituents is 1. The Balaban J connectivity index is 1.35. The van der Waals surface area contributed by atoms with Gasteiger partial charge in [0.2, 0.25) is 0 Å². The second-order valence-electron chi connectivity index (χ2n) is 7.05. The summed E-state index contributed by atoms with van der Waals surface area (Å²) in [5.41, 5.74) is 1.65. The quantitative estimate of drug-likeness (QED) is 0.685. The van der Waals surface area contributed by atoms with E-state index in [2.05, 4.69) is 4.90 Å². The Kier molecular flexibility index (Phi) is 5.12. The number of rotatable bonds is 4. The average molecular weight is 394 g/mol. The van der Waals surface area contributed by atoms with E-state index >= 15 is 0 Å². The summed E-state index contributed by atoms with van der Waals surface area (Å²) in [6.45, 7) is 4.16. The molecule has 0 saturated carbocycles. The van der Waals surface area contributed by atoms with Crippen molar-refractivity contribution < 1.29 is 19.1 Å². The fourth-order valence-corrected chi connectivity index (χ4v) is 3.56. The molecule has 0 atom stereocenters. The van der Waals surface area contributed by atoms with Crippen LogP contribution in [0.25, 0.3) is 11.0 Å². The molecule has 2 aromatic carbocycles. The number of anilines is 1. The first-order chi connectivity index (χ1) is 14.0. The van der Waals surface area contributed by atoms with Gasteiger partial charge in [-0.25, -0.2) is 4.79 Å². The molecule has 1 saturated heterocycles. The fraction of sp³-hybridized carbons (Fsp3) is 0.273. The van der Waals surface area contributed by atoms with Crippen LogP contribution in [0.15, 0.2) is 57.7 Å². The summed E-state index contributed by atoms with van der Waals surface area (Å²) in [5.74, 6) is 0.619. The predicted octanol–water partition coefficient (Wildman–Crippen LogP) is 2.53. The molecule has 0 spiro atoms. The zero-order valence-corrected chi connectivity index (χ0v) is 16.1. The van der Waals surface area contributed by atoms with E-state index in [0.717, 1.165) is 16.6 Å². The van der Waals surface area contributed by atoms with E-state index in [4.69, 9.17) is 9.15 Å². The summed E-state index contributed by atoms with van der Waals surface area (Å²) >= 11 is 0. The van der Waals surface area contributed by atoms with Crippen molar-refractivity contribution in [1.29, 1.82) is 0 Å². The molecule has 29 heavy (non-hydrogen) atoms. The van der Waals surface area contributed by atoms with Gasteiger partial charge in [-0.05, 0) is 36.8 Å². The molecule has 0 radical (unpaired) electrons. The number of carbonyl (C=O) groups is 1. The number of amides is 1. The van der Waals surface area contributed by atoms with Crippen LogP contribution in [0.3, 0.4) is 0 Å². The number of phenols is 1.